The molecular formula is C21H26N4O2. The van der Waals surface area contributed by atoms with Gasteiger partial charge in [0.1, 0.15) is 6.04 Å². The van der Waals surface area contributed by atoms with Gasteiger partial charge < -0.3 is 10.6 Å². The molecule has 2 aliphatic carbocycles. The fraction of sp³-hybridized carbons (Fsp3) is 0.476. The zero-order valence-electron chi connectivity index (χ0n) is 15.7. The molecule has 4 rings (SSSR count). The summed E-state index contributed by atoms with van der Waals surface area (Å²) < 4.78 is 1.88. The second-order valence-corrected chi connectivity index (χ2v) is 7.56. The maximum Gasteiger partial charge on any atom is 0.272 e. The van der Waals surface area contributed by atoms with Gasteiger partial charge in [0.2, 0.25) is 5.91 Å². The topological polar surface area (TPSA) is 76.0 Å². The Bertz CT molecular complexity index is 837. The number of aromatic nitrogens is 2. The molecule has 142 valence electrons. The second kappa shape index (κ2) is 7.55. The van der Waals surface area contributed by atoms with Crippen molar-refractivity contribution in [1.29, 1.82) is 0 Å². The van der Waals surface area contributed by atoms with Gasteiger partial charge in [0.25, 0.3) is 5.91 Å². The lowest BCUT2D eigenvalue weighted by molar-refractivity contribution is -0.123. The molecule has 0 bridgehead atoms. The molecule has 2 aliphatic rings. The SMILES string of the molecule is CC(NC(=O)c1nn(-c2ccccc2)c2c1CCC2)C(=O)NC1CCCC1. The summed E-state index contributed by atoms with van der Waals surface area (Å²) in [6.45, 7) is 1.73. The lowest BCUT2D eigenvalue weighted by atomic mass is 10.1. The summed E-state index contributed by atoms with van der Waals surface area (Å²) in [6, 6.07) is 9.55. The van der Waals surface area contributed by atoms with E-state index in [0.29, 0.717) is 5.69 Å². The minimum absolute atomic E-state index is 0.116. The van der Waals surface area contributed by atoms with Crippen LogP contribution in [0.1, 0.15) is 60.8 Å². The van der Waals surface area contributed by atoms with Crippen LogP contribution >= 0.6 is 0 Å². The number of rotatable bonds is 5. The van der Waals surface area contributed by atoms with Crippen LogP contribution in [-0.2, 0) is 17.6 Å². The number of nitrogens with one attached hydrogen (secondary N) is 2. The van der Waals surface area contributed by atoms with E-state index in [1.54, 1.807) is 6.92 Å². The van der Waals surface area contributed by atoms with Crippen molar-refractivity contribution in [2.45, 2.75) is 64.0 Å². The summed E-state index contributed by atoms with van der Waals surface area (Å²) in [6.07, 6.45) is 7.18. The first-order valence-electron chi connectivity index (χ1n) is 9.91. The van der Waals surface area contributed by atoms with Crippen molar-refractivity contribution >= 4 is 11.8 Å². The van der Waals surface area contributed by atoms with Gasteiger partial charge in [-0.25, -0.2) is 4.68 Å². The van der Waals surface area contributed by atoms with Crippen LogP contribution in [0.4, 0.5) is 0 Å². The van der Waals surface area contributed by atoms with E-state index in [9.17, 15) is 9.59 Å². The third-order valence-corrected chi connectivity index (χ3v) is 5.59. The molecule has 0 saturated heterocycles. The molecule has 1 fully saturated rings. The molecule has 1 heterocycles. The molecule has 0 spiro atoms. The third-order valence-electron chi connectivity index (χ3n) is 5.59. The summed E-state index contributed by atoms with van der Waals surface area (Å²) in [5.74, 6) is -0.383. The molecule has 0 radical (unpaired) electrons. The number of amides is 2. The van der Waals surface area contributed by atoms with Crippen LogP contribution in [0.2, 0.25) is 0 Å². The maximum absolute atomic E-state index is 12.8. The molecule has 1 aromatic carbocycles. The minimum Gasteiger partial charge on any atom is -0.352 e. The standard InChI is InChI=1S/C21H26N4O2/c1-14(20(26)23-15-8-5-6-9-15)22-21(27)19-17-12-7-13-18(17)25(24-19)16-10-3-2-4-11-16/h2-4,10-11,14-15H,5-9,12-13H2,1H3,(H,22,27)(H,23,26). The number of carbonyl (C=O) groups excluding carboxylic acids is 2. The minimum atomic E-state index is -0.572. The fourth-order valence-electron chi connectivity index (χ4n) is 4.13. The average molecular weight is 366 g/mol. The first-order valence-corrected chi connectivity index (χ1v) is 9.91. The Labute approximate surface area is 159 Å². The normalized spacial score (nSPS) is 17.5. The first kappa shape index (κ1) is 17.8. The molecule has 2 aromatic rings. The highest BCUT2D eigenvalue weighted by Crippen LogP contribution is 2.27. The predicted octanol–water partition coefficient (Wildman–Crippen LogP) is 2.54. The zero-order valence-corrected chi connectivity index (χ0v) is 15.7. The van der Waals surface area contributed by atoms with Crippen LogP contribution in [-0.4, -0.2) is 33.7 Å². The largest absolute Gasteiger partial charge is 0.352 e. The van der Waals surface area contributed by atoms with E-state index >= 15 is 0 Å². The molecule has 27 heavy (non-hydrogen) atoms. The van der Waals surface area contributed by atoms with Crippen molar-refractivity contribution in [3.63, 3.8) is 0 Å². The van der Waals surface area contributed by atoms with Crippen LogP contribution < -0.4 is 10.6 Å². The lowest BCUT2D eigenvalue weighted by Crippen LogP contribution is -2.47. The Morgan fingerprint density at radius 1 is 1.11 bits per heavy atom. The maximum atomic E-state index is 12.8. The molecule has 1 aromatic heterocycles. The Kier molecular flexibility index (Phi) is 4.97. The summed E-state index contributed by atoms with van der Waals surface area (Å²) in [5.41, 5.74) is 3.53. The van der Waals surface area contributed by atoms with Crippen molar-refractivity contribution in [3.05, 3.63) is 47.3 Å². The molecule has 1 unspecified atom stereocenters. The highest BCUT2D eigenvalue weighted by Gasteiger charge is 2.29. The van der Waals surface area contributed by atoms with Gasteiger partial charge in [-0.05, 0) is 51.2 Å². The van der Waals surface area contributed by atoms with Gasteiger partial charge in [-0.1, -0.05) is 31.0 Å². The number of carbonyl (C=O) groups is 2. The van der Waals surface area contributed by atoms with Crippen molar-refractivity contribution in [1.82, 2.24) is 20.4 Å². The van der Waals surface area contributed by atoms with Crippen molar-refractivity contribution in [2.24, 2.45) is 0 Å². The van der Waals surface area contributed by atoms with E-state index in [1.165, 1.54) is 0 Å². The van der Waals surface area contributed by atoms with E-state index in [-0.39, 0.29) is 17.9 Å². The first-order chi connectivity index (χ1) is 13.1. The summed E-state index contributed by atoms with van der Waals surface area (Å²) in [4.78, 5) is 25.2. The smallest absolute Gasteiger partial charge is 0.272 e. The molecule has 2 amide bonds. The van der Waals surface area contributed by atoms with Gasteiger partial charge in [0.15, 0.2) is 5.69 Å². The average Bonchev–Trinajstić information content (AvgIpc) is 3.40. The Morgan fingerprint density at radius 2 is 1.85 bits per heavy atom. The lowest BCUT2D eigenvalue weighted by Gasteiger charge is -2.17. The quantitative estimate of drug-likeness (QED) is 0.854. The van der Waals surface area contributed by atoms with Gasteiger partial charge in [0.05, 0.1) is 5.69 Å². The van der Waals surface area contributed by atoms with E-state index < -0.39 is 6.04 Å². The van der Waals surface area contributed by atoms with Gasteiger partial charge in [-0.15, -0.1) is 0 Å². The molecule has 1 saturated carbocycles. The zero-order chi connectivity index (χ0) is 18.8. The monoisotopic (exact) mass is 366 g/mol. The number of fused-ring (bicyclic) bond motifs is 1. The Morgan fingerprint density at radius 3 is 2.59 bits per heavy atom. The summed E-state index contributed by atoms with van der Waals surface area (Å²) >= 11 is 0. The summed E-state index contributed by atoms with van der Waals surface area (Å²) in [7, 11) is 0. The fourth-order valence-corrected chi connectivity index (χ4v) is 4.13. The van der Waals surface area contributed by atoms with E-state index in [0.717, 1.165) is 61.9 Å². The molecule has 0 aliphatic heterocycles. The molecular weight excluding hydrogens is 340 g/mol. The van der Waals surface area contributed by atoms with Crippen LogP contribution in [0.25, 0.3) is 5.69 Å². The number of hydrogen-bond acceptors (Lipinski definition) is 3. The van der Waals surface area contributed by atoms with Gasteiger partial charge in [0, 0.05) is 17.3 Å². The highest BCUT2D eigenvalue weighted by atomic mass is 16.2. The van der Waals surface area contributed by atoms with Crippen molar-refractivity contribution < 1.29 is 9.59 Å². The highest BCUT2D eigenvalue weighted by molar-refractivity contribution is 5.97. The predicted molar refractivity (Wildman–Crippen MR) is 103 cm³/mol. The van der Waals surface area contributed by atoms with Crippen molar-refractivity contribution in [2.75, 3.05) is 0 Å². The number of nitrogens with zero attached hydrogens (tertiary/aromatic N) is 2. The van der Waals surface area contributed by atoms with Crippen LogP contribution in [0.5, 0.6) is 0 Å². The molecule has 2 N–H and O–H groups in total. The molecule has 6 heteroatoms. The Balaban J connectivity index is 1.50. The van der Waals surface area contributed by atoms with Crippen LogP contribution in [0, 0.1) is 0 Å². The number of hydrogen-bond donors (Lipinski definition) is 2. The van der Waals surface area contributed by atoms with E-state index in [2.05, 4.69) is 15.7 Å². The van der Waals surface area contributed by atoms with Gasteiger partial charge in [-0.3, -0.25) is 9.59 Å². The molecule has 1 atom stereocenters. The molecule has 6 nitrogen and oxygen atoms in total. The van der Waals surface area contributed by atoms with Crippen molar-refractivity contribution in [3.8, 4) is 5.69 Å². The number of benzene rings is 1. The van der Waals surface area contributed by atoms with Gasteiger partial charge in [-0.2, -0.15) is 5.10 Å². The van der Waals surface area contributed by atoms with Gasteiger partial charge >= 0.3 is 0 Å². The van der Waals surface area contributed by atoms with Crippen LogP contribution in [0.15, 0.2) is 30.3 Å². The van der Waals surface area contributed by atoms with E-state index in [1.807, 2.05) is 35.0 Å². The summed E-state index contributed by atoms with van der Waals surface area (Å²) in [5, 5.41) is 10.5. The third kappa shape index (κ3) is 3.61. The van der Waals surface area contributed by atoms with E-state index in [4.69, 9.17) is 0 Å². The second-order valence-electron chi connectivity index (χ2n) is 7.56. The number of para-hydroxylation sites is 1. The Hall–Kier alpha value is -2.63. The van der Waals surface area contributed by atoms with Crippen LogP contribution in [0.3, 0.4) is 0 Å².